The van der Waals surface area contributed by atoms with E-state index in [1.54, 1.807) is 0 Å². The number of anilines is 2. The van der Waals surface area contributed by atoms with E-state index >= 15 is 0 Å². The smallest absolute Gasteiger partial charge is 0.227 e. The predicted molar refractivity (Wildman–Crippen MR) is 90.2 cm³/mol. The molecule has 0 radical (unpaired) electrons. The number of halogens is 1. The van der Waals surface area contributed by atoms with Gasteiger partial charge in [-0.15, -0.1) is 0 Å². The molecule has 5 nitrogen and oxygen atoms in total. The highest BCUT2D eigenvalue weighted by Gasteiger charge is 2.20. The Kier molecular flexibility index (Phi) is 4.75. The van der Waals surface area contributed by atoms with Gasteiger partial charge in [0.05, 0.1) is 0 Å². The molecule has 1 aromatic heterocycles. The Bertz CT molecular complexity index is 493. The Morgan fingerprint density at radius 2 is 1.81 bits per heavy atom. The molecule has 2 aliphatic heterocycles. The van der Waals surface area contributed by atoms with Crippen LogP contribution >= 0.6 is 15.9 Å². The van der Waals surface area contributed by atoms with Gasteiger partial charge >= 0.3 is 0 Å². The van der Waals surface area contributed by atoms with Crippen molar-refractivity contribution in [2.24, 2.45) is 0 Å². The SMILES string of the molecule is C=C(Br)CN1CCN(c2ccnc(N3CCCC3)n2)CC1. The first-order chi connectivity index (χ1) is 10.2. The number of piperazine rings is 1. The number of rotatable bonds is 4. The molecule has 0 aromatic carbocycles. The Morgan fingerprint density at radius 3 is 2.48 bits per heavy atom. The molecule has 21 heavy (non-hydrogen) atoms. The fraction of sp³-hybridized carbons (Fsp3) is 0.600. The standard InChI is InChI=1S/C15H22BrN5/c1-13(16)12-19-8-10-20(11-9-19)14-4-5-17-15(18-14)21-6-2-3-7-21/h4-5H,1-3,6-12H2. The average molecular weight is 352 g/mol. The highest BCUT2D eigenvalue weighted by Crippen LogP contribution is 2.20. The van der Waals surface area contributed by atoms with Gasteiger partial charge in [-0.1, -0.05) is 22.5 Å². The summed E-state index contributed by atoms with van der Waals surface area (Å²) in [5.74, 6) is 1.95. The second kappa shape index (κ2) is 6.75. The van der Waals surface area contributed by atoms with Crippen molar-refractivity contribution >= 4 is 27.7 Å². The molecule has 0 N–H and O–H groups in total. The van der Waals surface area contributed by atoms with Gasteiger partial charge in [0, 0.05) is 56.5 Å². The molecular formula is C15H22BrN5. The van der Waals surface area contributed by atoms with Crippen LogP contribution in [0.4, 0.5) is 11.8 Å². The van der Waals surface area contributed by atoms with Crippen LogP contribution in [0.2, 0.25) is 0 Å². The van der Waals surface area contributed by atoms with Crippen LogP contribution in [0.5, 0.6) is 0 Å². The number of nitrogens with zero attached hydrogens (tertiary/aromatic N) is 5. The highest BCUT2D eigenvalue weighted by molar-refractivity contribution is 9.11. The van der Waals surface area contributed by atoms with Gasteiger partial charge in [-0.3, -0.25) is 4.90 Å². The van der Waals surface area contributed by atoms with Crippen LogP contribution in [0.25, 0.3) is 0 Å². The summed E-state index contributed by atoms with van der Waals surface area (Å²) in [5, 5.41) is 0. The van der Waals surface area contributed by atoms with Crippen molar-refractivity contribution < 1.29 is 0 Å². The van der Waals surface area contributed by atoms with Crippen LogP contribution < -0.4 is 9.80 Å². The minimum atomic E-state index is 0.890. The van der Waals surface area contributed by atoms with Gasteiger partial charge in [-0.2, -0.15) is 4.98 Å². The van der Waals surface area contributed by atoms with Crippen LogP contribution in [-0.4, -0.2) is 60.7 Å². The number of hydrogen-bond donors (Lipinski definition) is 0. The average Bonchev–Trinajstić information content (AvgIpc) is 3.02. The van der Waals surface area contributed by atoms with Crippen molar-refractivity contribution in [1.82, 2.24) is 14.9 Å². The zero-order valence-corrected chi connectivity index (χ0v) is 13.9. The normalized spacial score (nSPS) is 20.0. The minimum Gasteiger partial charge on any atom is -0.354 e. The third-order valence-corrected chi connectivity index (χ3v) is 4.36. The fourth-order valence-electron chi connectivity index (χ4n) is 2.96. The van der Waals surface area contributed by atoms with E-state index in [9.17, 15) is 0 Å². The first-order valence-electron chi connectivity index (χ1n) is 7.61. The lowest BCUT2D eigenvalue weighted by Gasteiger charge is -2.35. The van der Waals surface area contributed by atoms with Gasteiger partial charge in [0.1, 0.15) is 5.82 Å². The third kappa shape index (κ3) is 3.74. The Hall–Kier alpha value is -1.14. The highest BCUT2D eigenvalue weighted by atomic mass is 79.9. The molecule has 2 fully saturated rings. The Balaban J connectivity index is 1.62. The Morgan fingerprint density at radius 1 is 1.10 bits per heavy atom. The zero-order valence-electron chi connectivity index (χ0n) is 12.3. The summed E-state index contributed by atoms with van der Waals surface area (Å²) in [5.41, 5.74) is 0. The lowest BCUT2D eigenvalue weighted by molar-refractivity contribution is 0.282. The van der Waals surface area contributed by atoms with E-state index in [-0.39, 0.29) is 0 Å². The van der Waals surface area contributed by atoms with Crippen LogP contribution in [-0.2, 0) is 0 Å². The first kappa shape index (κ1) is 14.8. The summed E-state index contributed by atoms with van der Waals surface area (Å²) < 4.78 is 1.05. The van der Waals surface area contributed by atoms with Crippen LogP contribution in [0.15, 0.2) is 23.3 Å². The van der Waals surface area contributed by atoms with E-state index in [0.29, 0.717) is 0 Å². The van der Waals surface area contributed by atoms with Crippen molar-refractivity contribution in [3.05, 3.63) is 23.3 Å². The number of hydrogen-bond acceptors (Lipinski definition) is 5. The van der Waals surface area contributed by atoms with Gasteiger partial charge in [-0.25, -0.2) is 4.98 Å². The van der Waals surface area contributed by atoms with E-state index in [2.05, 4.69) is 42.2 Å². The molecule has 0 bridgehead atoms. The summed E-state index contributed by atoms with van der Waals surface area (Å²) in [6.45, 7) is 11.1. The molecule has 3 rings (SSSR count). The molecule has 0 amide bonds. The van der Waals surface area contributed by atoms with E-state index in [1.165, 1.54) is 12.8 Å². The summed E-state index contributed by atoms with van der Waals surface area (Å²) in [4.78, 5) is 16.2. The molecule has 0 saturated carbocycles. The molecule has 6 heteroatoms. The summed E-state index contributed by atoms with van der Waals surface area (Å²) in [7, 11) is 0. The largest absolute Gasteiger partial charge is 0.354 e. The van der Waals surface area contributed by atoms with Gasteiger partial charge < -0.3 is 9.80 Å². The summed E-state index contributed by atoms with van der Waals surface area (Å²) in [6.07, 6.45) is 4.40. The maximum atomic E-state index is 4.76. The van der Waals surface area contributed by atoms with Gasteiger partial charge in [0.2, 0.25) is 5.95 Å². The van der Waals surface area contributed by atoms with Crippen LogP contribution in [0, 0.1) is 0 Å². The van der Waals surface area contributed by atoms with E-state index in [4.69, 9.17) is 4.98 Å². The van der Waals surface area contributed by atoms with Crippen LogP contribution in [0.3, 0.4) is 0 Å². The molecule has 0 spiro atoms. The van der Waals surface area contributed by atoms with Crippen molar-refractivity contribution in [3.63, 3.8) is 0 Å². The minimum absolute atomic E-state index is 0.890. The Labute approximate surface area is 134 Å². The van der Waals surface area contributed by atoms with Crippen molar-refractivity contribution in [1.29, 1.82) is 0 Å². The topological polar surface area (TPSA) is 35.5 Å². The molecule has 2 aliphatic rings. The second-order valence-electron chi connectivity index (χ2n) is 5.69. The quantitative estimate of drug-likeness (QED) is 0.830. The predicted octanol–water partition coefficient (Wildman–Crippen LogP) is 2.11. The summed E-state index contributed by atoms with van der Waals surface area (Å²) >= 11 is 3.44. The van der Waals surface area contributed by atoms with Crippen LogP contribution in [0.1, 0.15) is 12.8 Å². The molecule has 3 heterocycles. The monoisotopic (exact) mass is 351 g/mol. The third-order valence-electron chi connectivity index (χ3n) is 4.11. The van der Waals surface area contributed by atoms with Crippen molar-refractivity contribution in [2.45, 2.75) is 12.8 Å². The zero-order chi connectivity index (χ0) is 14.7. The summed E-state index contributed by atoms with van der Waals surface area (Å²) in [6, 6.07) is 2.03. The molecule has 1 aromatic rings. The molecular weight excluding hydrogens is 330 g/mol. The van der Waals surface area contributed by atoms with E-state index < -0.39 is 0 Å². The van der Waals surface area contributed by atoms with Crippen molar-refractivity contribution in [2.75, 3.05) is 55.6 Å². The molecule has 2 saturated heterocycles. The van der Waals surface area contributed by atoms with Gasteiger partial charge in [-0.05, 0) is 18.9 Å². The fourth-order valence-corrected chi connectivity index (χ4v) is 3.32. The second-order valence-corrected chi connectivity index (χ2v) is 6.81. The van der Waals surface area contributed by atoms with Gasteiger partial charge in [0.15, 0.2) is 0 Å². The number of aromatic nitrogens is 2. The first-order valence-corrected chi connectivity index (χ1v) is 8.40. The maximum Gasteiger partial charge on any atom is 0.227 e. The maximum absolute atomic E-state index is 4.76. The molecule has 0 atom stereocenters. The molecule has 0 unspecified atom stereocenters. The van der Waals surface area contributed by atoms with E-state index in [0.717, 1.165) is 62.1 Å². The molecule has 114 valence electrons. The molecule has 0 aliphatic carbocycles. The van der Waals surface area contributed by atoms with Crippen molar-refractivity contribution in [3.8, 4) is 0 Å². The lowest BCUT2D eigenvalue weighted by atomic mass is 10.3. The lowest BCUT2D eigenvalue weighted by Crippen LogP contribution is -2.47. The van der Waals surface area contributed by atoms with Gasteiger partial charge in [0.25, 0.3) is 0 Å². The van der Waals surface area contributed by atoms with E-state index in [1.807, 2.05) is 12.3 Å².